The number of carbonyl (C=O) groups is 2. The van der Waals surface area contributed by atoms with Gasteiger partial charge in [-0.15, -0.1) is 0 Å². The van der Waals surface area contributed by atoms with Crippen LogP contribution in [0.25, 0.3) is 0 Å². The highest BCUT2D eigenvalue weighted by atomic mass is 16.2. The van der Waals surface area contributed by atoms with Crippen molar-refractivity contribution in [1.82, 2.24) is 15.1 Å². The number of rotatable bonds is 4. The van der Waals surface area contributed by atoms with E-state index in [0.29, 0.717) is 17.7 Å². The molecule has 0 bridgehead atoms. The average molecular weight is 223 g/mol. The first kappa shape index (κ1) is 12.4. The Morgan fingerprint density at radius 2 is 2.19 bits per heavy atom. The summed E-state index contributed by atoms with van der Waals surface area (Å²) in [5.74, 6) is -0.227. The molecule has 1 atom stereocenters. The van der Waals surface area contributed by atoms with Crippen molar-refractivity contribution >= 4 is 11.7 Å². The number of amides is 1. The lowest BCUT2D eigenvalue weighted by Crippen LogP contribution is -2.38. The largest absolute Gasteiger partial charge is 0.342 e. The zero-order valence-corrected chi connectivity index (χ0v) is 10.1. The molecular weight excluding hydrogens is 206 g/mol. The molecule has 1 N–H and O–H groups in total. The Morgan fingerprint density at radius 3 is 2.62 bits per heavy atom. The third-order valence-electron chi connectivity index (χ3n) is 2.44. The van der Waals surface area contributed by atoms with Crippen LogP contribution in [0.1, 0.15) is 36.3 Å². The zero-order valence-electron chi connectivity index (χ0n) is 10.1. The third kappa shape index (κ3) is 2.68. The summed E-state index contributed by atoms with van der Waals surface area (Å²) in [4.78, 5) is 23.1. The van der Waals surface area contributed by atoms with Crippen LogP contribution in [0.4, 0.5) is 0 Å². The van der Waals surface area contributed by atoms with E-state index >= 15 is 0 Å². The maximum Gasteiger partial charge on any atom is 0.255 e. The van der Waals surface area contributed by atoms with Crippen molar-refractivity contribution in [3.8, 4) is 0 Å². The molecule has 0 radical (unpaired) electrons. The van der Waals surface area contributed by atoms with Gasteiger partial charge in [-0.1, -0.05) is 6.92 Å². The average Bonchev–Trinajstić information content (AvgIpc) is 2.56. The first-order valence-corrected chi connectivity index (χ1v) is 5.29. The van der Waals surface area contributed by atoms with Gasteiger partial charge in [-0.3, -0.25) is 14.3 Å². The summed E-state index contributed by atoms with van der Waals surface area (Å²) in [6.45, 7) is 5.23. The number of ketones is 1. The summed E-state index contributed by atoms with van der Waals surface area (Å²) in [5, 5.41) is 6.73. The van der Waals surface area contributed by atoms with Crippen molar-refractivity contribution in [2.75, 3.05) is 0 Å². The maximum absolute atomic E-state index is 11.8. The topological polar surface area (TPSA) is 64.0 Å². The van der Waals surface area contributed by atoms with Crippen LogP contribution in [0.15, 0.2) is 6.20 Å². The molecule has 1 aromatic heterocycles. The Kier molecular flexibility index (Phi) is 3.82. The van der Waals surface area contributed by atoms with Crippen LogP contribution >= 0.6 is 0 Å². The molecule has 0 saturated carbocycles. The third-order valence-corrected chi connectivity index (χ3v) is 2.44. The lowest BCUT2D eigenvalue weighted by molar-refractivity contribution is -0.120. The molecule has 0 fully saturated rings. The highest BCUT2D eigenvalue weighted by molar-refractivity contribution is 5.98. The molecule has 1 amide bonds. The highest BCUT2D eigenvalue weighted by Crippen LogP contribution is 2.05. The van der Waals surface area contributed by atoms with Gasteiger partial charge >= 0.3 is 0 Å². The summed E-state index contributed by atoms with van der Waals surface area (Å²) in [6.07, 6.45) is 2.07. The minimum absolute atomic E-state index is 0.0230. The smallest absolute Gasteiger partial charge is 0.255 e. The van der Waals surface area contributed by atoms with Crippen molar-refractivity contribution in [3.05, 3.63) is 17.5 Å². The van der Waals surface area contributed by atoms with E-state index in [1.807, 2.05) is 0 Å². The molecule has 1 unspecified atom stereocenters. The Bertz CT molecular complexity index is 409. The summed E-state index contributed by atoms with van der Waals surface area (Å²) in [6, 6.07) is -0.447. The fourth-order valence-corrected chi connectivity index (χ4v) is 1.48. The molecule has 0 spiro atoms. The van der Waals surface area contributed by atoms with Gasteiger partial charge in [0, 0.05) is 19.7 Å². The minimum atomic E-state index is -0.447. The number of hydrogen-bond acceptors (Lipinski definition) is 3. The fourth-order valence-electron chi connectivity index (χ4n) is 1.48. The Morgan fingerprint density at radius 1 is 1.56 bits per heavy atom. The summed E-state index contributed by atoms with van der Waals surface area (Å²) >= 11 is 0. The number of nitrogens with one attached hydrogen (secondary N) is 1. The van der Waals surface area contributed by atoms with Gasteiger partial charge in [-0.05, 0) is 13.8 Å². The summed E-state index contributed by atoms with van der Waals surface area (Å²) in [5.41, 5.74) is 1.18. The summed E-state index contributed by atoms with van der Waals surface area (Å²) < 4.78 is 1.58. The van der Waals surface area contributed by atoms with Gasteiger partial charge in [0.2, 0.25) is 0 Å². The molecule has 16 heavy (non-hydrogen) atoms. The normalized spacial score (nSPS) is 12.2. The minimum Gasteiger partial charge on any atom is -0.342 e. The molecule has 0 saturated heterocycles. The first-order chi connectivity index (χ1) is 7.45. The van der Waals surface area contributed by atoms with E-state index in [9.17, 15) is 9.59 Å². The molecule has 88 valence electrons. The number of aromatic nitrogens is 2. The number of hydrogen-bond donors (Lipinski definition) is 1. The molecule has 5 nitrogen and oxygen atoms in total. The second-order valence-corrected chi connectivity index (χ2v) is 3.82. The van der Waals surface area contributed by atoms with Crippen molar-refractivity contribution in [1.29, 1.82) is 0 Å². The van der Waals surface area contributed by atoms with E-state index in [1.165, 1.54) is 0 Å². The van der Waals surface area contributed by atoms with E-state index in [4.69, 9.17) is 0 Å². The van der Waals surface area contributed by atoms with Crippen LogP contribution in [0.2, 0.25) is 0 Å². The number of nitrogens with zero attached hydrogens (tertiary/aromatic N) is 2. The Balaban J connectivity index is 2.73. The predicted molar refractivity (Wildman–Crippen MR) is 60.2 cm³/mol. The maximum atomic E-state index is 11.8. The highest BCUT2D eigenvalue weighted by Gasteiger charge is 2.17. The van der Waals surface area contributed by atoms with E-state index in [-0.39, 0.29) is 11.7 Å². The monoisotopic (exact) mass is 223 g/mol. The van der Waals surface area contributed by atoms with E-state index in [1.54, 1.807) is 38.7 Å². The zero-order chi connectivity index (χ0) is 12.3. The van der Waals surface area contributed by atoms with Gasteiger partial charge in [-0.2, -0.15) is 5.10 Å². The van der Waals surface area contributed by atoms with Gasteiger partial charge in [0.05, 0.1) is 17.3 Å². The molecule has 1 rings (SSSR count). The van der Waals surface area contributed by atoms with Gasteiger partial charge < -0.3 is 5.32 Å². The number of Topliss-reactive ketones (excluding diaryl/α,β-unsaturated/α-hetero) is 1. The lowest BCUT2D eigenvalue weighted by atomic mass is 10.1. The van der Waals surface area contributed by atoms with E-state index in [0.717, 1.165) is 0 Å². The second-order valence-electron chi connectivity index (χ2n) is 3.82. The first-order valence-electron chi connectivity index (χ1n) is 5.29. The van der Waals surface area contributed by atoms with Crippen LogP contribution in [0.3, 0.4) is 0 Å². The standard InChI is InChI=1S/C11H17N3O2/c1-5-10(15)8(3)12-11(16)9-6-14(4)13-7(9)2/h6,8H,5H2,1-4H3,(H,12,16). The van der Waals surface area contributed by atoms with Crippen LogP contribution in [-0.2, 0) is 11.8 Å². The molecule has 1 heterocycles. The van der Waals surface area contributed by atoms with Crippen LogP contribution in [0.5, 0.6) is 0 Å². The van der Waals surface area contributed by atoms with Gasteiger partial charge in [0.25, 0.3) is 5.91 Å². The van der Waals surface area contributed by atoms with Gasteiger partial charge in [0.1, 0.15) is 0 Å². The number of aryl methyl sites for hydroxylation is 2. The van der Waals surface area contributed by atoms with Crippen LogP contribution in [0, 0.1) is 6.92 Å². The molecule has 0 aliphatic carbocycles. The Labute approximate surface area is 94.8 Å². The molecular formula is C11H17N3O2. The Hall–Kier alpha value is -1.65. The SMILES string of the molecule is CCC(=O)C(C)NC(=O)c1cn(C)nc1C. The van der Waals surface area contributed by atoms with Crippen molar-refractivity contribution in [2.24, 2.45) is 7.05 Å². The van der Waals surface area contributed by atoms with Crippen molar-refractivity contribution in [3.63, 3.8) is 0 Å². The lowest BCUT2D eigenvalue weighted by Gasteiger charge is -2.10. The van der Waals surface area contributed by atoms with Gasteiger partial charge in [-0.25, -0.2) is 0 Å². The fraction of sp³-hybridized carbons (Fsp3) is 0.545. The molecule has 0 aliphatic heterocycles. The van der Waals surface area contributed by atoms with Crippen molar-refractivity contribution < 1.29 is 9.59 Å². The molecule has 0 aliphatic rings. The van der Waals surface area contributed by atoms with Crippen LogP contribution < -0.4 is 5.32 Å². The quantitative estimate of drug-likeness (QED) is 0.822. The predicted octanol–water partition coefficient (Wildman–Crippen LogP) is 0.826. The molecule has 1 aromatic rings. The van der Waals surface area contributed by atoms with Gasteiger partial charge in [0.15, 0.2) is 5.78 Å². The number of carbonyl (C=O) groups excluding carboxylic acids is 2. The van der Waals surface area contributed by atoms with Crippen LogP contribution in [-0.4, -0.2) is 27.5 Å². The van der Waals surface area contributed by atoms with E-state index in [2.05, 4.69) is 10.4 Å². The molecule has 5 heteroatoms. The van der Waals surface area contributed by atoms with E-state index < -0.39 is 6.04 Å². The molecule has 0 aromatic carbocycles. The second kappa shape index (κ2) is 4.92. The summed E-state index contributed by atoms with van der Waals surface area (Å²) in [7, 11) is 1.75. The van der Waals surface area contributed by atoms with Crippen molar-refractivity contribution in [2.45, 2.75) is 33.2 Å².